The fourth-order valence-electron chi connectivity index (χ4n) is 0.384. The van der Waals surface area contributed by atoms with Gasteiger partial charge in [0.05, 0.1) is 0 Å². The summed E-state index contributed by atoms with van der Waals surface area (Å²) in [4.78, 5) is 10.6. The standard InChI is InChI=1S/C5H7Cl3O2/c1-2-3-4(9)10-5(6,7)8/h2-3H2,1H3. The highest BCUT2D eigenvalue weighted by Gasteiger charge is 2.24. The lowest BCUT2D eigenvalue weighted by molar-refractivity contribution is -0.144. The van der Waals surface area contributed by atoms with E-state index in [1.807, 2.05) is 6.92 Å². The number of ether oxygens (including phenoxy) is 1. The number of carbonyl (C=O) groups excluding carboxylic acids is 1. The first-order valence-corrected chi connectivity index (χ1v) is 3.87. The van der Waals surface area contributed by atoms with Crippen molar-refractivity contribution in [2.75, 3.05) is 0 Å². The molecule has 0 aliphatic carbocycles. The minimum Gasteiger partial charge on any atom is -0.415 e. The van der Waals surface area contributed by atoms with E-state index in [1.165, 1.54) is 0 Å². The van der Waals surface area contributed by atoms with Crippen LogP contribution in [0.15, 0.2) is 0 Å². The fraction of sp³-hybridized carbons (Fsp3) is 0.800. The molecule has 0 bridgehead atoms. The van der Waals surface area contributed by atoms with Crippen LogP contribution in [0.4, 0.5) is 0 Å². The summed E-state index contributed by atoms with van der Waals surface area (Å²) >= 11 is 15.5. The van der Waals surface area contributed by atoms with E-state index in [0.717, 1.165) is 0 Å². The number of hydrogen-bond donors (Lipinski definition) is 0. The van der Waals surface area contributed by atoms with E-state index >= 15 is 0 Å². The van der Waals surface area contributed by atoms with E-state index in [9.17, 15) is 4.79 Å². The predicted molar refractivity (Wildman–Crippen MR) is 41.3 cm³/mol. The summed E-state index contributed by atoms with van der Waals surface area (Å²) < 4.78 is 2.43. The van der Waals surface area contributed by atoms with Crippen LogP contribution in [0.2, 0.25) is 0 Å². The maximum absolute atomic E-state index is 10.6. The monoisotopic (exact) mass is 204 g/mol. The maximum atomic E-state index is 10.6. The van der Waals surface area contributed by atoms with Crippen LogP contribution in [0.3, 0.4) is 0 Å². The smallest absolute Gasteiger partial charge is 0.340 e. The lowest BCUT2D eigenvalue weighted by Gasteiger charge is -2.10. The molecule has 0 N–H and O–H groups in total. The van der Waals surface area contributed by atoms with Crippen molar-refractivity contribution in [2.45, 2.75) is 23.7 Å². The molecule has 0 rings (SSSR count). The van der Waals surface area contributed by atoms with Crippen molar-refractivity contribution in [3.63, 3.8) is 0 Å². The third kappa shape index (κ3) is 6.46. The zero-order valence-corrected chi connectivity index (χ0v) is 7.63. The molecule has 0 amide bonds. The Morgan fingerprint density at radius 1 is 1.50 bits per heavy atom. The second-order valence-electron chi connectivity index (χ2n) is 1.67. The number of carbonyl (C=O) groups is 1. The highest BCUT2D eigenvalue weighted by atomic mass is 35.6. The number of halogens is 3. The van der Waals surface area contributed by atoms with Crippen LogP contribution in [0.25, 0.3) is 0 Å². The summed E-state index contributed by atoms with van der Waals surface area (Å²) in [6, 6.07) is 0. The molecule has 0 aromatic rings. The molecule has 0 aromatic heterocycles. The Morgan fingerprint density at radius 2 is 2.00 bits per heavy atom. The van der Waals surface area contributed by atoms with E-state index in [0.29, 0.717) is 6.42 Å². The van der Waals surface area contributed by atoms with Gasteiger partial charge >= 0.3 is 9.95 Å². The van der Waals surface area contributed by atoms with E-state index in [4.69, 9.17) is 34.8 Å². The van der Waals surface area contributed by atoms with Crippen LogP contribution in [0, 0.1) is 0 Å². The Balaban J connectivity index is 3.58. The molecule has 0 unspecified atom stereocenters. The summed E-state index contributed by atoms with van der Waals surface area (Å²) in [6.07, 6.45) is 0.952. The van der Waals surface area contributed by atoms with Gasteiger partial charge in [-0.15, -0.1) is 0 Å². The Bertz CT molecular complexity index is 119. The Kier molecular flexibility index (Phi) is 4.41. The van der Waals surface area contributed by atoms with Gasteiger partial charge in [0.25, 0.3) is 0 Å². The molecule has 0 spiro atoms. The van der Waals surface area contributed by atoms with Crippen molar-refractivity contribution in [3.05, 3.63) is 0 Å². The second kappa shape index (κ2) is 4.27. The van der Waals surface area contributed by atoms with Gasteiger partial charge in [0.2, 0.25) is 0 Å². The second-order valence-corrected chi connectivity index (χ2v) is 3.85. The molecule has 0 atom stereocenters. The summed E-state index contributed by atoms with van der Waals surface area (Å²) in [6.45, 7) is 1.83. The van der Waals surface area contributed by atoms with Crippen molar-refractivity contribution in [1.29, 1.82) is 0 Å². The molecule has 60 valence electrons. The third-order valence-electron chi connectivity index (χ3n) is 0.684. The first kappa shape index (κ1) is 10.3. The molecule has 0 aliphatic rings. The summed E-state index contributed by atoms with van der Waals surface area (Å²) in [7, 11) is 0. The molecular weight excluding hydrogens is 198 g/mol. The number of rotatable bonds is 2. The van der Waals surface area contributed by atoms with Gasteiger partial charge in [-0.2, -0.15) is 0 Å². The van der Waals surface area contributed by atoms with Gasteiger partial charge < -0.3 is 4.74 Å². The van der Waals surface area contributed by atoms with Crippen LogP contribution in [-0.2, 0) is 9.53 Å². The first-order chi connectivity index (χ1) is 4.45. The van der Waals surface area contributed by atoms with Gasteiger partial charge in [-0.05, 0) is 41.2 Å². The molecule has 0 aromatic carbocycles. The van der Waals surface area contributed by atoms with Crippen molar-refractivity contribution in [3.8, 4) is 0 Å². The Hall–Kier alpha value is 0.340. The van der Waals surface area contributed by atoms with Crippen molar-refractivity contribution in [1.82, 2.24) is 0 Å². The van der Waals surface area contributed by atoms with Gasteiger partial charge in [-0.1, -0.05) is 6.92 Å². The van der Waals surface area contributed by atoms with Gasteiger partial charge in [0.15, 0.2) is 0 Å². The van der Waals surface area contributed by atoms with E-state index in [-0.39, 0.29) is 6.42 Å². The van der Waals surface area contributed by atoms with Crippen LogP contribution < -0.4 is 0 Å². The molecule has 0 heterocycles. The average Bonchev–Trinajstić information content (AvgIpc) is 1.59. The van der Waals surface area contributed by atoms with Crippen molar-refractivity contribution >= 4 is 40.8 Å². The summed E-state index contributed by atoms with van der Waals surface area (Å²) in [5.74, 6) is -0.498. The molecule has 0 saturated carbocycles. The van der Waals surface area contributed by atoms with Crippen molar-refractivity contribution in [2.24, 2.45) is 0 Å². The molecule has 10 heavy (non-hydrogen) atoms. The SMILES string of the molecule is CCCC(=O)OC(Cl)(Cl)Cl. The molecule has 0 saturated heterocycles. The van der Waals surface area contributed by atoms with Crippen LogP contribution >= 0.6 is 34.8 Å². The lowest BCUT2D eigenvalue weighted by Crippen LogP contribution is -2.15. The maximum Gasteiger partial charge on any atom is 0.340 e. The minimum atomic E-state index is -1.91. The van der Waals surface area contributed by atoms with E-state index in [2.05, 4.69) is 4.74 Å². The summed E-state index contributed by atoms with van der Waals surface area (Å²) in [5, 5.41) is 0. The van der Waals surface area contributed by atoms with Crippen LogP contribution in [0.1, 0.15) is 19.8 Å². The quantitative estimate of drug-likeness (QED) is 0.512. The molecule has 5 heteroatoms. The third-order valence-corrected chi connectivity index (χ3v) is 0.915. The molecule has 0 fully saturated rings. The zero-order valence-electron chi connectivity index (χ0n) is 5.36. The van der Waals surface area contributed by atoms with Gasteiger partial charge in [-0.3, -0.25) is 4.79 Å². The largest absolute Gasteiger partial charge is 0.415 e. The topological polar surface area (TPSA) is 26.3 Å². The van der Waals surface area contributed by atoms with Crippen molar-refractivity contribution < 1.29 is 9.53 Å². The normalized spacial score (nSPS) is 11.2. The van der Waals surface area contributed by atoms with Gasteiger partial charge in [0.1, 0.15) is 0 Å². The molecule has 0 radical (unpaired) electrons. The zero-order chi connectivity index (χ0) is 8.20. The number of alkyl halides is 3. The number of esters is 1. The Morgan fingerprint density at radius 3 is 2.30 bits per heavy atom. The first-order valence-electron chi connectivity index (χ1n) is 2.74. The molecular formula is C5H7Cl3O2. The van der Waals surface area contributed by atoms with Crippen LogP contribution in [-0.4, -0.2) is 9.95 Å². The highest BCUT2D eigenvalue weighted by molar-refractivity contribution is 6.66. The molecule has 0 aliphatic heterocycles. The van der Waals surface area contributed by atoms with E-state index in [1.54, 1.807) is 0 Å². The highest BCUT2D eigenvalue weighted by Crippen LogP contribution is 2.27. The minimum absolute atomic E-state index is 0.272. The van der Waals surface area contributed by atoms with Gasteiger partial charge in [0, 0.05) is 6.42 Å². The fourth-order valence-corrected chi connectivity index (χ4v) is 0.642. The van der Waals surface area contributed by atoms with Crippen LogP contribution in [0.5, 0.6) is 0 Å². The lowest BCUT2D eigenvalue weighted by atomic mass is 10.3. The van der Waals surface area contributed by atoms with Gasteiger partial charge in [-0.25, -0.2) is 0 Å². The Labute approximate surface area is 74.4 Å². The average molecular weight is 205 g/mol. The summed E-state index contributed by atoms with van der Waals surface area (Å²) in [5.41, 5.74) is 0. The molecule has 2 nitrogen and oxygen atoms in total. The predicted octanol–water partition coefficient (Wildman–Crippen LogP) is 2.66. The number of hydrogen-bond acceptors (Lipinski definition) is 2. The van der Waals surface area contributed by atoms with E-state index < -0.39 is 9.95 Å².